The lowest BCUT2D eigenvalue weighted by molar-refractivity contribution is -0.132. The molecule has 0 unspecified atom stereocenters. The summed E-state index contributed by atoms with van der Waals surface area (Å²) in [6, 6.07) is 8.64. The van der Waals surface area contributed by atoms with Crippen molar-refractivity contribution in [1.29, 1.82) is 0 Å². The summed E-state index contributed by atoms with van der Waals surface area (Å²) >= 11 is 1.30. The highest BCUT2D eigenvalue weighted by Gasteiger charge is 2.29. The van der Waals surface area contributed by atoms with Crippen molar-refractivity contribution in [3.8, 4) is 0 Å². The average Bonchev–Trinajstić information content (AvgIpc) is 3.84. The van der Waals surface area contributed by atoms with Gasteiger partial charge in [0, 0.05) is 44.3 Å². The SMILES string of the molecule is Cc1oc2nc1C(=O)N[C@@H](C(C)C)c1nc(cs1)C(=O)NCCN(C(=O)CCCN1CCCC1)CCCC(=O)N[C@H]2Cc1ccccc1. The molecular formula is C35H47N7O5S. The molecule has 2 aliphatic rings. The molecule has 4 amide bonds. The van der Waals surface area contributed by atoms with Crippen molar-refractivity contribution in [2.45, 2.75) is 77.8 Å². The van der Waals surface area contributed by atoms with Crippen molar-refractivity contribution in [2.24, 2.45) is 5.92 Å². The molecule has 48 heavy (non-hydrogen) atoms. The van der Waals surface area contributed by atoms with Crippen molar-refractivity contribution >= 4 is 35.0 Å². The van der Waals surface area contributed by atoms with E-state index in [-0.39, 0.29) is 53.9 Å². The van der Waals surface area contributed by atoms with Crippen LogP contribution in [0, 0.1) is 12.8 Å². The van der Waals surface area contributed by atoms with Gasteiger partial charge in [-0.3, -0.25) is 19.2 Å². The molecule has 0 radical (unpaired) electrons. The van der Waals surface area contributed by atoms with Crippen LogP contribution in [0.15, 0.2) is 40.1 Å². The van der Waals surface area contributed by atoms with Crippen molar-refractivity contribution in [2.75, 3.05) is 39.3 Å². The Hall–Kier alpha value is -4.10. The van der Waals surface area contributed by atoms with E-state index in [2.05, 4.69) is 30.8 Å². The summed E-state index contributed by atoms with van der Waals surface area (Å²) < 4.78 is 6.02. The van der Waals surface area contributed by atoms with Gasteiger partial charge in [0.25, 0.3) is 11.8 Å². The fraction of sp³-hybridized carbons (Fsp3) is 0.543. The number of carbonyl (C=O) groups excluding carboxylic acids is 4. The number of hydrogen-bond acceptors (Lipinski definition) is 9. The van der Waals surface area contributed by atoms with E-state index in [0.29, 0.717) is 43.1 Å². The minimum Gasteiger partial charge on any atom is -0.443 e. The molecule has 5 rings (SSSR count). The molecule has 1 fully saturated rings. The van der Waals surface area contributed by atoms with Crippen LogP contribution in [0.1, 0.15) is 108 Å². The van der Waals surface area contributed by atoms with Crippen LogP contribution >= 0.6 is 11.3 Å². The fourth-order valence-corrected chi connectivity index (χ4v) is 7.18. The van der Waals surface area contributed by atoms with Crippen molar-refractivity contribution in [3.05, 3.63) is 69.3 Å². The molecule has 3 aromatic rings. The second-order valence-corrected chi connectivity index (χ2v) is 13.8. The zero-order valence-corrected chi connectivity index (χ0v) is 28.9. The summed E-state index contributed by atoms with van der Waals surface area (Å²) in [6.07, 6.45) is 4.65. The van der Waals surface area contributed by atoms with Crippen molar-refractivity contribution in [1.82, 2.24) is 35.7 Å². The van der Waals surface area contributed by atoms with E-state index in [1.165, 1.54) is 24.2 Å². The molecule has 2 aliphatic heterocycles. The number of amides is 4. The topological polar surface area (TPSA) is 150 Å². The second kappa shape index (κ2) is 16.8. The predicted octanol–water partition coefficient (Wildman–Crippen LogP) is 4.19. The Balaban J connectivity index is 1.37. The van der Waals surface area contributed by atoms with Crippen LogP contribution in [-0.4, -0.2) is 82.7 Å². The van der Waals surface area contributed by atoms with E-state index >= 15 is 0 Å². The number of carbonyl (C=O) groups is 4. The molecule has 1 saturated heterocycles. The first kappa shape index (κ1) is 35.2. The quantitative estimate of drug-likeness (QED) is 0.337. The Morgan fingerprint density at radius 3 is 2.52 bits per heavy atom. The van der Waals surface area contributed by atoms with Gasteiger partial charge in [0.15, 0.2) is 5.69 Å². The number of rotatable bonds is 7. The van der Waals surface area contributed by atoms with Gasteiger partial charge in [0.2, 0.25) is 17.7 Å². The maximum Gasteiger partial charge on any atom is 0.274 e. The fourth-order valence-electron chi connectivity index (χ4n) is 6.16. The smallest absolute Gasteiger partial charge is 0.274 e. The van der Waals surface area contributed by atoms with Gasteiger partial charge < -0.3 is 30.2 Å². The van der Waals surface area contributed by atoms with Gasteiger partial charge in [-0.2, -0.15) is 0 Å². The zero-order chi connectivity index (χ0) is 34.0. The maximum absolute atomic E-state index is 13.5. The average molecular weight is 678 g/mol. The molecule has 1 aromatic carbocycles. The molecule has 0 saturated carbocycles. The van der Waals surface area contributed by atoms with Crippen LogP contribution in [-0.2, 0) is 16.0 Å². The Morgan fingerprint density at radius 2 is 1.77 bits per heavy atom. The molecule has 2 aromatic heterocycles. The number of fused-ring (bicyclic) bond motifs is 4. The van der Waals surface area contributed by atoms with Crippen molar-refractivity contribution in [3.63, 3.8) is 0 Å². The van der Waals surface area contributed by atoms with E-state index in [1.807, 2.05) is 44.2 Å². The number of likely N-dealkylation sites (tertiary alicyclic amines) is 1. The molecule has 0 spiro atoms. The molecule has 0 aliphatic carbocycles. The normalized spacial score (nSPS) is 20.3. The maximum atomic E-state index is 13.5. The Bertz CT molecular complexity index is 1550. The highest BCUT2D eigenvalue weighted by atomic mass is 32.1. The molecule has 4 bridgehead atoms. The lowest BCUT2D eigenvalue weighted by Gasteiger charge is -2.24. The van der Waals surface area contributed by atoms with E-state index in [1.54, 1.807) is 17.2 Å². The van der Waals surface area contributed by atoms with Crippen LogP contribution in [0.4, 0.5) is 0 Å². The third kappa shape index (κ3) is 9.50. The number of hydrogen-bond donors (Lipinski definition) is 3. The standard InChI is InChI=1S/C35H47N7O5S/c1-23(2)30-35-38-27(22-48-35)32(45)36-15-20-42(29(44)14-10-18-41-16-7-8-17-41)19-9-13-28(43)37-26(21-25-11-5-4-6-12-25)34-40-31(24(3)47-34)33(46)39-30/h4-6,11-12,22-23,26,30H,7-10,13-21H2,1-3H3,(H,36,45)(H,37,43)(H,39,46)/t26-,30-/m0/s1. The largest absolute Gasteiger partial charge is 0.443 e. The third-order valence-corrected chi connectivity index (χ3v) is 9.76. The number of aryl methyl sites for hydroxylation is 1. The van der Waals surface area contributed by atoms with Crippen LogP contribution in [0.2, 0.25) is 0 Å². The van der Waals surface area contributed by atoms with Gasteiger partial charge in [-0.25, -0.2) is 9.97 Å². The summed E-state index contributed by atoms with van der Waals surface area (Å²) in [7, 11) is 0. The Kier molecular flexibility index (Phi) is 12.3. The molecule has 2 atom stereocenters. The monoisotopic (exact) mass is 677 g/mol. The molecule has 3 N–H and O–H groups in total. The van der Waals surface area contributed by atoms with Gasteiger partial charge in [0.05, 0.1) is 6.04 Å². The lowest BCUT2D eigenvalue weighted by atomic mass is 10.0. The predicted molar refractivity (Wildman–Crippen MR) is 182 cm³/mol. The summed E-state index contributed by atoms with van der Waals surface area (Å²) in [5.74, 6) is -0.414. The first-order valence-corrected chi connectivity index (χ1v) is 17.9. The molecular weight excluding hydrogens is 630 g/mol. The summed E-state index contributed by atoms with van der Waals surface area (Å²) in [5.41, 5.74) is 1.37. The van der Waals surface area contributed by atoms with E-state index in [9.17, 15) is 19.2 Å². The van der Waals surface area contributed by atoms with Gasteiger partial charge in [-0.15, -0.1) is 11.3 Å². The minimum atomic E-state index is -0.605. The van der Waals surface area contributed by atoms with Gasteiger partial charge in [0.1, 0.15) is 22.5 Å². The first-order chi connectivity index (χ1) is 23.2. The van der Waals surface area contributed by atoms with Crippen LogP contribution in [0.5, 0.6) is 0 Å². The van der Waals surface area contributed by atoms with E-state index in [4.69, 9.17) is 4.42 Å². The molecule has 258 valence electrons. The number of nitrogens with one attached hydrogen (secondary N) is 3. The van der Waals surface area contributed by atoms with Crippen LogP contribution < -0.4 is 16.0 Å². The van der Waals surface area contributed by atoms with E-state index in [0.717, 1.165) is 31.6 Å². The number of thiazole rings is 1. The lowest BCUT2D eigenvalue weighted by Crippen LogP contribution is -2.40. The number of benzene rings is 1. The molecule has 4 heterocycles. The zero-order valence-electron chi connectivity index (χ0n) is 28.1. The van der Waals surface area contributed by atoms with Gasteiger partial charge >= 0.3 is 0 Å². The van der Waals surface area contributed by atoms with Gasteiger partial charge in [-0.1, -0.05) is 44.2 Å². The third-order valence-electron chi connectivity index (χ3n) is 8.83. The summed E-state index contributed by atoms with van der Waals surface area (Å²) in [5, 5.41) is 11.3. The Morgan fingerprint density at radius 1 is 1.00 bits per heavy atom. The summed E-state index contributed by atoms with van der Waals surface area (Å²) in [6.45, 7) is 9.64. The van der Waals surface area contributed by atoms with Crippen molar-refractivity contribution < 1.29 is 23.6 Å². The number of oxazole rings is 1. The number of nitrogens with zero attached hydrogens (tertiary/aromatic N) is 4. The second-order valence-electron chi connectivity index (χ2n) is 12.9. The van der Waals surface area contributed by atoms with E-state index < -0.39 is 18.0 Å². The number of aromatic nitrogens is 2. The first-order valence-electron chi connectivity index (χ1n) is 17.0. The highest BCUT2D eigenvalue weighted by molar-refractivity contribution is 7.09. The minimum absolute atomic E-state index is 0.0159. The highest BCUT2D eigenvalue weighted by Crippen LogP contribution is 2.27. The van der Waals surface area contributed by atoms with Gasteiger partial charge in [-0.05, 0) is 63.7 Å². The van der Waals surface area contributed by atoms with Crippen LogP contribution in [0.3, 0.4) is 0 Å². The van der Waals surface area contributed by atoms with Crippen LogP contribution in [0.25, 0.3) is 0 Å². The Labute approximate surface area is 286 Å². The molecule has 13 heteroatoms. The summed E-state index contributed by atoms with van der Waals surface area (Å²) in [4.78, 5) is 66.5. The molecule has 12 nitrogen and oxygen atoms in total.